The molecule has 0 amide bonds. The van der Waals surface area contributed by atoms with Gasteiger partial charge in [0.1, 0.15) is 6.61 Å². The highest BCUT2D eigenvalue weighted by Crippen LogP contribution is 2.04. The van der Waals surface area contributed by atoms with Crippen molar-refractivity contribution in [3.05, 3.63) is 72.9 Å². The average Bonchev–Trinajstić information content (AvgIpc) is 2.65. The topological polar surface area (TPSA) is 89.9 Å². The molecule has 0 aromatic heterocycles. The summed E-state index contributed by atoms with van der Waals surface area (Å²) in [5.74, 6) is -1.63. The highest BCUT2D eigenvalue weighted by molar-refractivity contribution is 5.88. The number of benzene rings is 1. The molecule has 1 aromatic rings. The molecule has 1 rings (SSSR count). The summed E-state index contributed by atoms with van der Waals surface area (Å²) in [4.78, 5) is 32.0. The number of carboxylic acids is 1. The molecule has 0 spiro atoms. The van der Waals surface area contributed by atoms with Gasteiger partial charge in [-0.15, -0.1) is 0 Å². The first-order valence-electron chi connectivity index (χ1n) is 8.33. The fourth-order valence-corrected chi connectivity index (χ4v) is 1.52. The summed E-state index contributed by atoms with van der Waals surface area (Å²) < 4.78 is 9.72. The molecule has 0 fully saturated rings. The minimum Gasteiger partial charge on any atom is -0.478 e. The molecule has 0 heterocycles. The number of hydrogen-bond donors (Lipinski definition) is 1. The molecule has 0 atom stereocenters. The van der Waals surface area contributed by atoms with Gasteiger partial charge in [-0.2, -0.15) is 0 Å². The highest BCUT2D eigenvalue weighted by atomic mass is 16.5. The zero-order valence-corrected chi connectivity index (χ0v) is 15.7. The van der Waals surface area contributed by atoms with E-state index in [9.17, 15) is 14.4 Å². The van der Waals surface area contributed by atoms with E-state index in [4.69, 9.17) is 14.6 Å². The molecule has 0 unspecified atom stereocenters. The molecular formula is C21H26O6. The van der Waals surface area contributed by atoms with Crippen LogP contribution in [0, 0.1) is 5.92 Å². The Kier molecular flexibility index (Phi) is 12.4. The van der Waals surface area contributed by atoms with Gasteiger partial charge in [0.05, 0.1) is 6.61 Å². The lowest BCUT2D eigenvalue weighted by atomic mass is 10.2. The van der Waals surface area contributed by atoms with Crippen LogP contribution in [0.5, 0.6) is 0 Å². The van der Waals surface area contributed by atoms with Gasteiger partial charge in [-0.1, -0.05) is 63.4 Å². The van der Waals surface area contributed by atoms with E-state index >= 15 is 0 Å². The van der Waals surface area contributed by atoms with Crippen LogP contribution >= 0.6 is 0 Å². The Bertz CT molecular complexity index is 659. The molecule has 6 heteroatoms. The first-order chi connectivity index (χ1) is 12.8. The van der Waals surface area contributed by atoms with Crippen LogP contribution in [0.4, 0.5) is 0 Å². The molecule has 146 valence electrons. The van der Waals surface area contributed by atoms with Gasteiger partial charge in [0.25, 0.3) is 0 Å². The van der Waals surface area contributed by atoms with Gasteiger partial charge in [0.2, 0.25) is 0 Å². The van der Waals surface area contributed by atoms with Crippen LogP contribution in [0.2, 0.25) is 0 Å². The number of hydrogen-bond acceptors (Lipinski definition) is 5. The molecule has 27 heavy (non-hydrogen) atoms. The molecule has 6 nitrogen and oxygen atoms in total. The minimum absolute atomic E-state index is 0.198. The third-order valence-corrected chi connectivity index (χ3v) is 2.85. The number of allylic oxidation sites excluding steroid dienone is 1. The summed E-state index contributed by atoms with van der Waals surface area (Å²) in [6.07, 6.45) is 3.69. The van der Waals surface area contributed by atoms with Gasteiger partial charge < -0.3 is 14.6 Å². The molecule has 0 saturated carbocycles. The number of carbonyl (C=O) groups excluding carboxylic acids is 2. The smallest absolute Gasteiger partial charge is 0.333 e. The van der Waals surface area contributed by atoms with E-state index in [0.29, 0.717) is 13.2 Å². The summed E-state index contributed by atoms with van der Waals surface area (Å²) in [6, 6.07) is 9.51. The van der Waals surface area contributed by atoms with Crippen molar-refractivity contribution in [2.45, 2.75) is 26.9 Å². The maximum atomic E-state index is 11.2. The third kappa shape index (κ3) is 13.8. The van der Waals surface area contributed by atoms with E-state index in [1.165, 1.54) is 6.08 Å². The van der Waals surface area contributed by atoms with Gasteiger partial charge in [-0.3, -0.25) is 0 Å². The molecule has 0 aliphatic heterocycles. The molecule has 0 radical (unpaired) electrons. The lowest BCUT2D eigenvalue weighted by molar-refractivity contribution is -0.140. The quantitative estimate of drug-likeness (QED) is 0.524. The average molecular weight is 374 g/mol. The van der Waals surface area contributed by atoms with Crippen molar-refractivity contribution in [2.24, 2.45) is 5.92 Å². The fraction of sp³-hybridized carbons (Fsp3) is 0.286. The first-order valence-corrected chi connectivity index (χ1v) is 8.33. The van der Waals surface area contributed by atoms with Crippen LogP contribution in [0.25, 0.3) is 0 Å². The Morgan fingerprint density at radius 3 is 2.30 bits per heavy atom. The Morgan fingerprint density at radius 2 is 1.78 bits per heavy atom. The largest absolute Gasteiger partial charge is 0.478 e. The van der Waals surface area contributed by atoms with E-state index in [1.54, 1.807) is 0 Å². The van der Waals surface area contributed by atoms with Crippen LogP contribution < -0.4 is 0 Å². The lowest BCUT2D eigenvalue weighted by Crippen LogP contribution is -2.11. The summed E-state index contributed by atoms with van der Waals surface area (Å²) in [5.41, 5.74) is 1.24. The fourth-order valence-electron chi connectivity index (χ4n) is 1.52. The van der Waals surface area contributed by atoms with Gasteiger partial charge in [0, 0.05) is 17.7 Å². The van der Waals surface area contributed by atoms with E-state index in [0.717, 1.165) is 17.7 Å². The maximum absolute atomic E-state index is 11.2. The van der Waals surface area contributed by atoms with Crippen LogP contribution in [0.15, 0.2) is 67.3 Å². The van der Waals surface area contributed by atoms with Crippen LogP contribution in [0.1, 0.15) is 25.8 Å². The molecular weight excluding hydrogens is 348 g/mol. The Morgan fingerprint density at radius 1 is 1.15 bits per heavy atom. The number of esters is 2. The number of aliphatic carboxylic acids is 1. The number of rotatable bonds is 9. The SMILES string of the molecule is C=C(CC=CC(=O)O)C(=O)OCC(C)C.C=CC(=O)OCc1ccccc1. The molecule has 1 N–H and O–H groups in total. The van der Waals surface area contributed by atoms with Crippen LogP contribution in [-0.2, 0) is 30.5 Å². The van der Waals surface area contributed by atoms with Crippen LogP contribution in [-0.4, -0.2) is 29.6 Å². The Balaban J connectivity index is 0.000000511. The van der Waals surface area contributed by atoms with Crippen molar-refractivity contribution >= 4 is 17.9 Å². The monoisotopic (exact) mass is 374 g/mol. The highest BCUT2D eigenvalue weighted by Gasteiger charge is 2.07. The molecule has 0 aliphatic rings. The standard InChI is InChI=1S/C11H16O4.C10H10O2/c1-8(2)7-15-11(14)9(3)5-4-6-10(12)13;1-2-10(11)12-8-9-6-4-3-5-7-9/h4,6,8H,3,5,7H2,1-2H3,(H,12,13);2-7H,1,8H2. The summed E-state index contributed by atoms with van der Waals surface area (Å²) in [7, 11) is 0. The van der Waals surface area contributed by atoms with Crippen molar-refractivity contribution in [3.63, 3.8) is 0 Å². The van der Waals surface area contributed by atoms with Crippen molar-refractivity contribution in [2.75, 3.05) is 6.61 Å². The predicted molar refractivity (Wildman–Crippen MR) is 103 cm³/mol. The number of ether oxygens (including phenoxy) is 2. The summed E-state index contributed by atoms with van der Waals surface area (Å²) in [6.45, 7) is 11.3. The number of carbonyl (C=O) groups is 3. The molecule has 0 aliphatic carbocycles. The first kappa shape index (κ1) is 23.9. The molecule has 0 bridgehead atoms. The van der Waals surface area contributed by atoms with E-state index in [2.05, 4.69) is 13.2 Å². The lowest BCUT2D eigenvalue weighted by Gasteiger charge is -2.07. The van der Waals surface area contributed by atoms with Crippen molar-refractivity contribution in [1.82, 2.24) is 0 Å². The van der Waals surface area contributed by atoms with Crippen LogP contribution in [0.3, 0.4) is 0 Å². The normalized spacial score (nSPS) is 9.89. The van der Waals surface area contributed by atoms with Crippen molar-refractivity contribution < 1.29 is 29.0 Å². The third-order valence-electron chi connectivity index (χ3n) is 2.85. The Hall–Kier alpha value is -3.15. The van der Waals surface area contributed by atoms with Gasteiger partial charge >= 0.3 is 17.9 Å². The van der Waals surface area contributed by atoms with E-state index in [1.807, 2.05) is 44.2 Å². The zero-order valence-electron chi connectivity index (χ0n) is 15.7. The minimum atomic E-state index is -1.04. The molecule has 1 aromatic carbocycles. The maximum Gasteiger partial charge on any atom is 0.333 e. The number of carboxylic acid groups (broad SMARTS) is 1. The van der Waals surface area contributed by atoms with Gasteiger partial charge in [-0.05, 0) is 17.9 Å². The second kappa shape index (κ2) is 14.1. The van der Waals surface area contributed by atoms with E-state index in [-0.39, 0.29) is 23.9 Å². The van der Waals surface area contributed by atoms with Gasteiger partial charge in [-0.25, -0.2) is 14.4 Å². The Labute approximate surface area is 159 Å². The van der Waals surface area contributed by atoms with Gasteiger partial charge in [0.15, 0.2) is 0 Å². The second-order valence-electron chi connectivity index (χ2n) is 5.84. The zero-order chi connectivity index (χ0) is 20.7. The van der Waals surface area contributed by atoms with Crippen molar-refractivity contribution in [1.29, 1.82) is 0 Å². The van der Waals surface area contributed by atoms with Crippen molar-refractivity contribution in [3.8, 4) is 0 Å². The summed E-state index contributed by atoms with van der Waals surface area (Å²) in [5, 5.41) is 8.31. The predicted octanol–water partition coefficient (Wildman–Crippen LogP) is 3.69. The second-order valence-corrected chi connectivity index (χ2v) is 5.84. The molecule has 0 saturated heterocycles. The van der Waals surface area contributed by atoms with E-state index < -0.39 is 11.9 Å². The summed E-state index contributed by atoms with van der Waals surface area (Å²) >= 11 is 0.